The summed E-state index contributed by atoms with van der Waals surface area (Å²) in [7, 11) is 3.13. The van der Waals surface area contributed by atoms with Gasteiger partial charge in [-0.3, -0.25) is 4.79 Å². The maximum Gasteiger partial charge on any atom is 0.200 e. The van der Waals surface area contributed by atoms with E-state index in [1.165, 1.54) is 18.4 Å². The summed E-state index contributed by atoms with van der Waals surface area (Å²) in [4.78, 5) is 17.0. The maximum atomic E-state index is 12.4. The van der Waals surface area contributed by atoms with Gasteiger partial charge in [-0.2, -0.15) is 5.26 Å². The predicted molar refractivity (Wildman–Crippen MR) is 142 cm³/mol. The Balaban J connectivity index is 1.51. The van der Waals surface area contributed by atoms with Crippen LogP contribution >= 0.6 is 22.9 Å². The zero-order chi connectivity index (χ0) is 25.5. The number of nitriles is 1. The monoisotopic (exact) mass is 516 g/mol. The number of nitrogens with zero attached hydrogens (tertiary/aromatic N) is 2. The average Bonchev–Trinajstić information content (AvgIpc) is 3.41. The topological polar surface area (TPSA) is 81.4 Å². The fourth-order valence-electron chi connectivity index (χ4n) is 3.38. The van der Waals surface area contributed by atoms with Crippen molar-refractivity contribution in [2.75, 3.05) is 20.8 Å². The lowest BCUT2D eigenvalue weighted by atomic mass is 10.1. The van der Waals surface area contributed by atoms with Crippen LogP contribution in [0.1, 0.15) is 20.9 Å². The summed E-state index contributed by atoms with van der Waals surface area (Å²) in [6, 6.07) is 21.7. The number of halogens is 1. The van der Waals surface area contributed by atoms with E-state index >= 15 is 0 Å². The van der Waals surface area contributed by atoms with E-state index in [1.807, 2.05) is 29.6 Å². The van der Waals surface area contributed by atoms with E-state index < -0.39 is 0 Å². The molecule has 0 saturated heterocycles. The van der Waals surface area contributed by atoms with E-state index in [9.17, 15) is 10.1 Å². The van der Waals surface area contributed by atoms with Gasteiger partial charge in [0, 0.05) is 21.5 Å². The molecule has 3 aromatic carbocycles. The lowest BCUT2D eigenvalue weighted by molar-refractivity contribution is 0.0919. The molecule has 0 fully saturated rings. The minimum Gasteiger partial charge on any atom is -0.497 e. The van der Waals surface area contributed by atoms with Crippen molar-refractivity contribution >= 4 is 40.4 Å². The van der Waals surface area contributed by atoms with Gasteiger partial charge in [0.15, 0.2) is 23.9 Å². The molecule has 0 N–H and O–H groups in total. The Morgan fingerprint density at radius 2 is 1.86 bits per heavy atom. The van der Waals surface area contributed by atoms with Crippen molar-refractivity contribution in [2.45, 2.75) is 0 Å². The number of carbonyl (C=O) groups excluding carboxylic acids is 1. The molecule has 0 amide bonds. The van der Waals surface area contributed by atoms with Gasteiger partial charge in [0.05, 0.1) is 25.5 Å². The van der Waals surface area contributed by atoms with Gasteiger partial charge in [0.1, 0.15) is 16.8 Å². The number of carbonyl (C=O) groups is 1. The highest BCUT2D eigenvalue weighted by Gasteiger charge is 2.13. The number of thiazole rings is 1. The second kappa shape index (κ2) is 11.5. The van der Waals surface area contributed by atoms with E-state index in [0.29, 0.717) is 32.7 Å². The van der Waals surface area contributed by atoms with Crippen LogP contribution in [0.4, 0.5) is 0 Å². The van der Waals surface area contributed by atoms with Crippen molar-refractivity contribution in [3.05, 3.63) is 93.3 Å². The number of Topliss-reactive ketones (excluding diaryl/α,β-unsaturated/α-hetero) is 1. The predicted octanol–water partition coefficient (Wildman–Crippen LogP) is 6.81. The number of benzene rings is 3. The van der Waals surface area contributed by atoms with Gasteiger partial charge >= 0.3 is 0 Å². The van der Waals surface area contributed by atoms with Crippen LogP contribution < -0.4 is 14.2 Å². The van der Waals surface area contributed by atoms with Gasteiger partial charge < -0.3 is 14.2 Å². The Morgan fingerprint density at radius 3 is 2.58 bits per heavy atom. The minimum atomic E-state index is -0.180. The van der Waals surface area contributed by atoms with E-state index in [-0.39, 0.29) is 12.4 Å². The van der Waals surface area contributed by atoms with Crippen LogP contribution in [0.2, 0.25) is 5.02 Å². The van der Waals surface area contributed by atoms with Crippen molar-refractivity contribution in [1.29, 1.82) is 5.26 Å². The molecule has 0 aliphatic heterocycles. The number of methoxy groups -OCH3 is 2. The number of hydrogen-bond acceptors (Lipinski definition) is 7. The van der Waals surface area contributed by atoms with Gasteiger partial charge in [-0.25, -0.2) is 4.98 Å². The Labute approximate surface area is 218 Å². The van der Waals surface area contributed by atoms with Gasteiger partial charge in [0.2, 0.25) is 0 Å². The van der Waals surface area contributed by atoms with E-state index in [2.05, 4.69) is 11.1 Å². The highest BCUT2D eigenvalue weighted by Crippen LogP contribution is 2.32. The highest BCUT2D eigenvalue weighted by atomic mass is 35.5. The molecule has 0 aliphatic carbocycles. The smallest absolute Gasteiger partial charge is 0.200 e. The third-order valence-corrected chi connectivity index (χ3v) is 6.37. The van der Waals surface area contributed by atoms with Crippen LogP contribution in [0.25, 0.3) is 22.9 Å². The van der Waals surface area contributed by atoms with Crippen LogP contribution in [-0.4, -0.2) is 31.6 Å². The van der Waals surface area contributed by atoms with Gasteiger partial charge in [-0.15, -0.1) is 11.3 Å². The molecule has 36 heavy (non-hydrogen) atoms. The third kappa shape index (κ3) is 5.92. The molecule has 0 saturated carbocycles. The third-order valence-electron chi connectivity index (χ3n) is 5.24. The first-order valence-electron chi connectivity index (χ1n) is 10.8. The molecule has 4 aromatic rings. The maximum absolute atomic E-state index is 12.4. The molecule has 1 heterocycles. The number of ketones is 1. The second-order valence-electron chi connectivity index (χ2n) is 7.57. The van der Waals surface area contributed by atoms with Crippen LogP contribution in [0.5, 0.6) is 17.2 Å². The van der Waals surface area contributed by atoms with Crippen molar-refractivity contribution in [3.63, 3.8) is 0 Å². The Morgan fingerprint density at radius 1 is 1.06 bits per heavy atom. The molecule has 0 atom stereocenters. The van der Waals surface area contributed by atoms with E-state index in [4.69, 9.17) is 25.8 Å². The molecular formula is C28H21ClN2O4S. The van der Waals surface area contributed by atoms with Crippen LogP contribution in [0.15, 0.2) is 72.1 Å². The molecule has 0 unspecified atom stereocenters. The summed E-state index contributed by atoms with van der Waals surface area (Å²) >= 11 is 7.27. The average molecular weight is 517 g/mol. The van der Waals surface area contributed by atoms with Crippen molar-refractivity contribution < 1.29 is 19.0 Å². The molecule has 1 aromatic heterocycles. The van der Waals surface area contributed by atoms with Crippen LogP contribution in [0, 0.1) is 11.3 Å². The summed E-state index contributed by atoms with van der Waals surface area (Å²) in [6.45, 7) is -0.150. The molecule has 0 spiro atoms. The number of ether oxygens (including phenoxy) is 3. The molecule has 0 bridgehead atoms. The summed E-state index contributed by atoms with van der Waals surface area (Å²) in [6.07, 6.45) is 1.74. The normalized spacial score (nSPS) is 11.0. The summed E-state index contributed by atoms with van der Waals surface area (Å²) in [5.74, 6) is 1.42. The molecule has 0 radical (unpaired) electrons. The SMILES string of the molecule is COc1cccc(-c2csc(C(C#N)=Cc3ccc(OCC(=O)c4ccc(Cl)cc4)c(OC)c3)n2)c1. The summed E-state index contributed by atoms with van der Waals surface area (Å²) in [5, 5.41) is 12.8. The molecule has 8 heteroatoms. The highest BCUT2D eigenvalue weighted by molar-refractivity contribution is 7.11. The molecular weight excluding hydrogens is 496 g/mol. The van der Waals surface area contributed by atoms with Crippen molar-refractivity contribution in [3.8, 4) is 34.6 Å². The fraction of sp³-hybridized carbons (Fsp3) is 0.107. The first kappa shape index (κ1) is 25.0. The standard InChI is InChI=1S/C28H21ClN2O4S/c1-33-23-5-3-4-20(14-23)24-17-36-28(31-24)21(15-30)12-18-6-11-26(27(13-18)34-2)35-16-25(32)19-7-9-22(29)10-8-19/h3-14,17H,16H2,1-2H3. The van der Waals surface area contributed by atoms with Crippen molar-refractivity contribution in [1.82, 2.24) is 4.98 Å². The first-order valence-corrected chi connectivity index (χ1v) is 12.1. The number of rotatable bonds is 9. The quantitative estimate of drug-likeness (QED) is 0.179. The number of aromatic nitrogens is 1. The number of hydrogen-bond donors (Lipinski definition) is 0. The molecule has 0 aliphatic rings. The lowest BCUT2D eigenvalue weighted by Crippen LogP contribution is -2.12. The Bertz CT molecular complexity index is 1460. The zero-order valence-electron chi connectivity index (χ0n) is 19.5. The molecule has 4 rings (SSSR count). The van der Waals surface area contributed by atoms with Crippen LogP contribution in [0.3, 0.4) is 0 Å². The zero-order valence-corrected chi connectivity index (χ0v) is 21.1. The largest absolute Gasteiger partial charge is 0.497 e. The minimum absolute atomic E-state index is 0.150. The number of allylic oxidation sites excluding steroid dienone is 1. The second-order valence-corrected chi connectivity index (χ2v) is 8.86. The van der Waals surface area contributed by atoms with E-state index in [1.54, 1.807) is 55.7 Å². The summed E-state index contributed by atoms with van der Waals surface area (Å²) in [5.41, 5.74) is 3.33. The van der Waals surface area contributed by atoms with E-state index in [0.717, 1.165) is 22.6 Å². The van der Waals surface area contributed by atoms with Crippen molar-refractivity contribution in [2.24, 2.45) is 0 Å². The molecule has 180 valence electrons. The van der Waals surface area contributed by atoms with Gasteiger partial charge in [-0.1, -0.05) is 29.8 Å². The van der Waals surface area contributed by atoms with Crippen LogP contribution in [-0.2, 0) is 0 Å². The van der Waals surface area contributed by atoms with Gasteiger partial charge in [0.25, 0.3) is 0 Å². The fourth-order valence-corrected chi connectivity index (χ4v) is 4.30. The summed E-state index contributed by atoms with van der Waals surface area (Å²) < 4.78 is 16.4. The Kier molecular flexibility index (Phi) is 8.01. The first-order chi connectivity index (χ1) is 17.5. The lowest BCUT2D eigenvalue weighted by Gasteiger charge is -2.11. The Hall–Kier alpha value is -4.12. The molecule has 6 nitrogen and oxygen atoms in total. The van der Waals surface area contributed by atoms with Gasteiger partial charge in [-0.05, 0) is 60.2 Å².